The van der Waals surface area contributed by atoms with Gasteiger partial charge < -0.3 is 5.73 Å². The van der Waals surface area contributed by atoms with Crippen LogP contribution >= 0.6 is 11.3 Å². The lowest BCUT2D eigenvalue weighted by atomic mass is 10.2. The van der Waals surface area contributed by atoms with Crippen molar-refractivity contribution in [2.45, 2.75) is 19.8 Å². The molecule has 0 aliphatic heterocycles. The Morgan fingerprint density at radius 2 is 2.36 bits per heavy atom. The van der Waals surface area contributed by atoms with Crippen LogP contribution < -0.4 is 5.73 Å². The summed E-state index contributed by atoms with van der Waals surface area (Å²) in [6.07, 6.45) is 5.29. The molecule has 0 unspecified atom stereocenters. The molecule has 14 heavy (non-hydrogen) atoms. The Balaban J connectivity index is 2.86. The molecule has 4 heteroatoms. The Morgan fingerprint density at radius 1 is 1.64 bits per heavy atom. The Kier molecular flexibility index (Phi) is 3.83. The quantitative estimate of drug-likeness (QED) is 0.776. The molecule has 1 aromatic rings. The first kappa shape index (κ1) is 10.9. The molecule has 0 bridgehead atoms. The van der Waals surface area contributed by atoms with Crippen molar-refractivity contribution in [3.8, 4) is 0 Å². The topological polar surface area (TPSA) is 51.3 Å². The molecule has 0 saturated heterocycles. The molecule has 76 valence electrons. The highest BCUT2D eigenvalue weighted by atomic mass is 32.1. The average molecular weight is 209 g/mol. The summed E-state index contributed by atoms with van der Waals surface area (Å²) in [6.45, 7) is 4.24. The number of thiazole rings is 1. The molecule has 0 aromatic carbocycles. The number of nitrogens with zero attached hydrogens (tertiary/aromatic N) is 2. The normalized spacial score (nSPS) is 13.0. The second-order valence-electron chi connectivity index (χ2n) is 3.25. The predicted molar refractivity (Wildman–Crippen MR) is 62.8 cm³/mol. The van der Waals surface area contributed by atoms with Crippen molar-refractivity contribution in [1.82, 2.24) is 4.98 Å². The Morgan fingerprint density at radius 3 is 2.86 bits per heavy atom. The zero-order valence-electron chi connectivity index (χ0n) is 8.69. The van der Waals surface area contributed by atoms with Crippen molar-refractivity contribution in [1.29, 1.82) is 0 Å². The lowest BCUT2D eigenvalue weighted by Gasteiger charge is -1.96. The van der Waals surface area contributed by atoms with Gasteiger partial charge in [-0.25, -0.2) is 4.98 Å². The SMILES string of the molecule is CN=C/C=C(\N)c1cnc(C(C)C)s1. The number of aromatic nitrogens is 1. The molecule has 0 spiro atoms. The van der Waals surface area contributed by atoms with Gasteiger partial charge in [-0.05, 0) is 6.08 Å². The number of rotatable bonds is 3. The van der Waals surface area contributed by atoms with Gasteiger partial charge >= 0.3 is 0 Å². The van der Waals surface area contributed by atoms with Gasteiger partial charge in [0.05, 0.1) is 15.6 Å². The van der Waals surface area contributed by atoms with E-state index in [2.05, 4.69) is 23.8 Å². The van der Waals surface area contributed by atoms with E-state index in [-0.39, 0.29) is 0 Å². The molecule has 0 radical (unpaired) electrons. The molecule has 3 nitrogen and oxygen atoms in total. The number of aliphatic imine (C=N–C) groups is 1. The lowest BCUT2D eigenvalue weighted by Crippen LogP contribution is -1.93. The van der Waals surface area contributed by atoms with Crippen molar-refractivity contribution in [3.63, 3.8) is 0 Å². The van der Waals surface area contributed by atoms with E-state index in [1.54, 1.807) is 30.7 Å². The molecular formula is C10H15N3S. The van der Waals surface area contributed by atoms with Crippen LogP contribution in [0.4, 0.5) is 0 Å². The minimum absolute atomic E-state index is 0.460. The van der Waals surface area contributed by atoms with E-state index in [1.165, 1.54) is 0 Å². The van der Waals surface area contributed by atoms with Crippen molar-refractivity contribution in [2.24, 2.45) is 10.7 Å². The fourth-order valence-electron chi connectivity index (χ4n) is 0.925. The minimum atomic E-state index is 0.460. The third kappa shape index (κ3) is 2.67. The van der Waals surface area contributed by atoms with Gasteiger partial charge in [-0.2, -0.15) is 0 Å². The average Bonchev–Trinajstić information content (AvgIpc) is 2.62. The van der Waals surface area contributed by atoms with Crippen LogP contribution in [0.3, 0.4) is 0 Å². The molecule has 1 heterocycles. The Labute approximate surface area is 88.4 Å². The summed E-state index contributed by atoms with van der Waals surface area (Å²) in [5.41, 5.74) is 6.56. The molecule has 0 aliphatic rings. The molecule has 1 rings (SSSR count). The van der Waals surface area contributed by atoms with Crippen LogP contribution in [0.5, 0.6) is 0 Å². The van der Waals surface area contributed by atoms with Crippen molar-refractivity contribution in [2.75, 3.05) is 7.05 Å². The summed E-state index contributed by atoms with van der Waals surface area (Å²) < 4.78 is 0. The summed E-state index contributed by atoms with van der Waals surface area (Å²) >= 11 is 1.63. The van der Waals surface area contributed by atoms with Gasteiger partial charge in [0, 0.05) is 25.4 Å². The van der Waals surface area contributed by atoms with Gasteiger partial charge in [0.2, 0.25) is 0 Å². The van der Waals surface area contributed by atoms with Crippen LogP contribution in [-0.2, 0) is 0 Å². The summed E-state index contributed by atoms with van der Waals surface area (Å²) in [5.74, 6) is 0.460. The fourth-order valence-corrected chi connectivity index (χ4v) is 1.78. The number of hydrogen-bond acceptors (Lipinski definition) is 4. The molecule has 2 N–H and O–H groups in total. The molecule has 0 atom stereocenters. The van der Waals surface area contributed by atoms with Gasteiger partial charge in [0.1, 0.15) is 0 Å². The van der Waals surface area contributed by atoms with E-state index in [9.17, 15) is 0 Å². The smallest absolute Gasteiger partial charge is 0.0957 e. The molecule has 1 aromatic heterocycles. The molecule has 0 saturated carbocycles. The van der Waals surface area contributed by atoms with Gasteiger partial charge in [-0.1, -0.05) is 13.8 Å². The highest BCUT2D eigenvalue weighted by Gasteiger charge is 2.06. The van der Waals surface area contributed by atoms with Gasteiger partial charge in [0.25, 0.3) is 0 Å². The third-order valence-corrected chi connectivity index (χ3v) is 3.05. The maximum Gasteiger partial charge on any atom is 0.0957 e. The zero-order chi connectivity index (χ0) is 10.6. The van der Waals surface area contributed by atoms with Gasteiger partial charge in [-0.15, -0.1) is 11.3 Å². The standard InChI is InChI=1S/C10H15N3S/c1-7(2)10-13-6-9(14-10)8(11)4-5-12-3/h4-7H,11H2,1-3H3/b8-4-,12-5?. The monoisotopic (exact) mass is 209 g/mol. The largest absolute Gasteiger partial charge is 0.397 e. The van der Waals surface area contributed by atoms with Crippen LogP contribution in [0.2, 0.25) is 0 Å². The molecule has 0 fully saturated rings. The number of allylic oxidation sites excluding steroid dienone is 1. The van der Waals surface area contributed by atoms with Crippen LogP contribution in [0.15, 0.2) is 17.3 Å². The third-order valence-electron chi connectivity index (χ3n) is 1.71. The van der Waals surface area contributed by atoms with Gasteiger partial charge in [0.15, 0.2) is 0 Å². The van der Waals surface area contributed by atoms with E-state index in [0.717, 1.165) is 15.6 Å². The Hall–Kier alpha value is -1.16. The van der Waals surface area contributed by atoms with Crippen LogP contribution in [0.1, 0.15) is 29.7 Å². The first-order valence-electron chi connectivity index (χ1n) is 4.49. The molecular weight excluding hydrogens is 194 g/mol. The number of hydrogen-bond donors (Lipinski definition) is 1. The van der Waals surface area contributed by atoms with Gasteiger partial charge in [-0.3, -0.25) is 4.99 Å². The van der Waals surface area contributed by atoms with Crippen LogP contribution in [-0.4, -0.2) is 18.2 Å². The maximum absolute atomic E-state index is 5.83. The minimum Gasteiger partial charge on any atom is -0.397 e. The molecule has 0 amide bonds. The molecule has 0 aliphatic carbocycles. The van der Waals surface area contributed by atoms with E-state index in [4.69, 9.17) is 5.73 Å². The fraction of sp³-hybridized carbons (Fsp3) is 0.400. The van der Waals surface area contributed by atoms with Crippen molar-refractivity contribution >= 4 is 23.2 Å². The second-order valence-corrected chi connectivity index (χ2v) is 4.31. The highest BCUT2D eigenvalue weighted by molar-refractivity contribution is 7.12. The van der Waals surface area contributed by atoms with E-state index < -0.39 is 0 Å². The Bertz CT molecular complexity index is 350. The first-order valence-corrected chi connectivity index (χ1v) is 5.30. The summed E-state index contributed by atoms with van der Waals surface area (Å²) in [5, 5.41) is 1.12. The predicted octanol–water partition coefficient (Wildman–Crippen LogP) is 2.27. The lowest BCUT2D eigenvalue weighted by molar-refractivity contribution is 0.852. The first-order chi connectivity index (χ1) is 6.65. The summed E-state index contributed by atoms with van der Waals surface area (Å²) in [6, 6.07) is 0. The van der Waals surface area contributed by atoms with Crippen LogP contribution in [0, 0.1) is 0 Å². The zero-order valence-corrected chi connectivity index (χ0v) is 9.51. The van der Waals surface area contributed by atoms with Crippen LogP contribution in [0.25, 0.3) is 5.70 Å². The highest BCUT2D eigenvalue weighted by Crippen LogP contribution is 2.23. The van der Waals surface area contributed by atoms with E-state index in [0.29, 0.717) is 5.92 Å². The van der Waals surface area contributed by atoms with E-state index in [1.807, 2.05) is 6.20 Å². The van der Waals surface area contributed by atoms with Crippen molar-refractivity contribution in [3.05, 3.63) is 22.2 Å². The number of nitrogens with two attached hydrogens (primary N) is 1. The summed E-state index contributed by atoms with van der Waals surface area (Å²) in [7, 11) is 1.72. The summed E-state index contributed by atoms with van der Waals surface area (Å²) in [4.78, 5) is 9.15. The van der Waals surface area contributed by atoms with E-state index >= 15 is 0 Å². The second kappa shape index (κ2) is 4.91. The van der Waals surface area contributed by atoms with Crippen molar-refractivity contribution < 1.29 is 0 Å². The maximum atomic E-state index is 5.83.